The molecule has 14 nitrogen and oxygen atoms in total. The molecule has 0 radical (unpaired) electrons. The van der Waals surface area contributed by atoms with Crippen molar-refractivity contribution in [2.45, 2.75) is 113 Å². The van der Waals surface area contributed by atoms with Crippen LogP contribution in [0.2, 0.25) is 0 Å². The number of carbonyl (C=O) groups excluding carboxylic acids is 4. The number of nitrogens with one attached hydrogen (secondary N) is 3. The molecule has 15 heteroatoms. The Morgan fingerprint density at radius 2 is 1.70 bits per heavy atom. The lowest BCUT2D eigenvalue weighted by Gasteiger charge is -2.33. The summed E-state index contributed by atoms with van der Waals surface area (Å²) in [5, 5.41) is 6.76. The van der Waals surface area contributed by atoms with Crippen LogP contribution in [0.5, 0.6) is 11.6 Å². The van der Waals surface area contributed by atoms with Crippen molar-refractivity contribution in [2.75, 3.05) is 13.7 Å². The number of nitrogens with zero attached hydrogens (tertiary/aromatic N) is 2. The lowest BCUT2D eigenvalue weighted by atomic mass is 9.88. The number of alkyl carbamates (subject to hydrolysis) is 1. The van der Waals surface area contributed by atoms with Gasteiger partial charge in [-0.1, -0.05) is 56.3 Å². The Labute approximate surface area is 356 Å². The number of aromatic nitrogens is 1. The first kappa shape index (κ1) is 41.2. The summed E-state index contributed by atoms with van der Waals surface area (Å²) in [5.74, 6) is -0.316. The molecule has 1 saturated heterocycles. The zero-order valence-electron chi connectivity index (χ0n) is 34.9. The smallest absolute Gasteiger partial charge is 0.408 e. The van der Waals surface area contributed by atoms with Crippen molar-refractivity contribution in [3.8, 4) is 22.9 Å². The number of sulfonamides is 1. The van der Waals surface area contributed by atoms with Gasteiger partial charge in [0.1, 0.15) is 35.6 Å². The van der Waals surface area contributed by atoms with E-state index in [2.05, 4.69) is 22.3 Å². The maximum Gasteiger partial charge on any atom is 0.408 e. The second kappa shape index (κ2) is 16.3. The highest BCUT2D eigenvalue weighted by atomic mass is 32.2. The molecule has 3 N–H and O–H groups in total. The van der Waals surface area contributed by atoms with Gasteiger partial charge in [0.25, 0.3) is 5.91 Å². The van der Waals surface area contributed by atoms with Crippen LogP contribution in [0, 0.1) is 29.6 Å². The average molecular weight is 854 g/mol. The van der Waals surface area contributed by atoms with Crippen molar-refractivity contribution in [2.24, 2.45) is 29.6 Å². The van der Waals surface area contributed by atoms with Gasteiger partial charge in [-0.25, -0.2) is 18.2 Å². The monoisotopic (exact) mass is 853 g/mol. The lowest BCUT2D eigenvalue weighted by molar-refractivity contribution is -0.142. The number of carbonyl (C=O) groups is 4. The molecule has 3 aromatic rings. The number of hydrogen-bond donors (Lipinski definition) is 3. The minimum absolute atomic E-state index is 0.0219. The van der Waals surface area contributed by atoms with Crippen molar-refractivity contribution in [3.05, 3.63) is 66.7 Å². The van der Waals surface area contributed by atoms with Crippen LogP contribution >= 0.6 is 0 Å². The van der Waals surface area contributed by atoms with Crippen LogP contribution in [0.4, 0.5) is 4.79 Å². The molecular weight excluding hydrogens is 799 g/mol. The summed E-state index contributed by atoms with van der Waals surface area (Å²) in [4.78, 5) is 63.7. The second-order valence-corrected chi connectivity index (χ2v) is 20.4. The summed E-state index contributed by atoms with van der Waals surface area (Å²) in [6.45, 7) is 4.02. The Bertz CT molecular complexity index is 2340. The molecule has 4 aliphatic carbocycles. The van der Waals surface area contributed by atoms with Crippen LogP contribution in [0.25, 0.3) is 22.0 Å². The molecule has 3 heterocycles. The van der Waals surface area contributed by atoms with Gasteiger partial charge in [-0.15, -0.1) is 0 Å². The SMILES string of the molecule is COc1ccc2c(O[C@@H]3C[C@H]4C(=O)N[C@]5(C(=O)NS(=O)(=O)C6CC6)C[C@H]5/C=C\CC[C@H](C)C[C@@H](C)[C@H](NC(=O)OC5C[C@@H]6C[C@@H]6C5)C(=O)N4C3)nc(-c3ccccc3)cc2c1. The summed E-state index contributed by atoms with van der Waals surface area (Å²) < 4.78 is 46.4. The molecule has 1 aromatic heterocycles. The maximum atomic E-state index is 15.1. The first-order valence-corrected chi connectivity index (χ1v) is 23.4. The number of rotatable bonds is 9. The van der Waals surface area contributed by atoms with E-state index in [4.69, 9.17) is 19.2 Å². The van der Waals surface area contributed by atoms with Gasteiger partial charge >= 0.3 is 6.09 Å². The van der Waals surface area contributed by atoms with Gasteiger partial charge < -0.3 is 29.7 Å². The lowest BCUT2D eigenvalue weighted by Crippen LogP contribution is -2.59. The van der Waals surface area contributed by atoms with Crippen LogP contribution in [0.1, 0.15) is 78.1 Å². The Kier molecular flexibility index (Phi) is 11.0. The first-order valence-electron chi connectivity index (χ1n) is 21.8. The highest BCUT2D eigenvalue weighted by Gasteiger charge is 2.62. The molecule has 0 spiro atoms. The van der Waals surface area contributed by atoms with E-state index in [0.717, 1.165) is 30.2 Å². The van der Waals surface area contributed by atoms with E-state index in [9.17, 15) is 22.8 Å². The summed E-state index contributed by atoms with van der Waals surface area (Å²) in [6, 6.07) is 15.0. The van der Waals surface area contributed by atoms with E-state index >= 15 is 4.79 Å². The first-order chi connectivity index (χ1) is 29.3. The number of allylic oxidation sites excluding steroid dienone is 1. The summed E-state index contributed by atoms with van der Waals surface area (Å²) >= 11 is 0. The van der Waals surface area contributed by atoms with Gasteiger partial charge in [-0.3, -0.25) is 19.1 Å². The molecule has 6 aliphatic rings. The van der Waals surface area contributed by atoms with Crippen molar-refractivity contribution in [1.29, 1.82) is 0 Å². The van der Waals surface area contributed by atoms with Gasteiger partial charge in [0.05, 0.1) is 24.6 Å². The zero-order valence-corrected chi connectivity index (χ0v) is 35.7. The molecule has 61 heavy (non-hydrogen) atoms. The van der Waals surface area contributed by atoms with E-state index < -0.39 is 68.7 Å². The number of fused-ring (bicyclic) bond motifs is 4. The number of amides is 4. The number of hydrogen-bond acceptors (Lipinski definition) is 10. The molecular formula is C46H55N5O9S. The number of benzene rings is 2. The minimum Gasteiger partial charge on any atom is -0.497 e. The van der Waals surface area contributed by atoms with E-state index in [1.807, 2.05) is 73.7 Å². The molecule has 2 aromatic carbocycles. The number of ether oxygens (including phenoxy) is 3. The van der Waals surface area contributed by atoms with E-state index in [1.54, 1.807) is 7.11 Å². The average Bonchev–Trinajstić information content (AvgIpc) is 4.20. The zero-order chi connectivity index (χ0) is 42.6. The molecule has 9 rings (SSSR count). The highest BCUT2D eigenvalue weighted by molar-refractivity contribution is 7.91. The Morgan fingerprint density at radius 3 is 2.44 bits per heavy atom. The van der Waals surface area contributed by atoms with Crippen LogP contribution in [-0.4, -0.2) is 90.9 Å². The fourth-order valence-corrected chi connectivity index (χ4v) is 11.3. The minimum atomic E-state index is -3.91. The molecule has 5 fully saturated rings. The van der Waals surface area contributed by atoms with Crippen molar-refractivity contribution in [3.63, 3.8) is 0 Å². The highest BCUT2D eigenvalue weighted by Crippen LogP contribution is 2.52. The van der Waals surface area contributed by atoms with E-state index in [-0.39, 0.29) is 37.3 Å². The van der Waals surface area contributed by atoms with Gasteiger partial charge in [0, 0.05) is 23.3 Å². The van der Waals surface area contributed by atoms with Crippen LogP contribution < -0.4 is 24.8 Å². The van der Waals surface area contributed by atoms with Crippen LogP contribution in [-0.2, 0) is 29.1 Å². The Balaban J connectivity index is 1.05. The van der Waals surface area contributed by atoms with Gasteiger partial charge in [0.15, 0.2) is 0 Å². The largest absolute Gasteiger partial charge is 0.497 e. The molecule has 4 amide bonds. The van der Waals surface area contributed by atoms with Crippen molar-refractivity contribution >= 4 is 44.6 Å². The third kappa shape index (κ3) is 8.67. The Hall–Kier alpha value is -5.18. The molecule has 324 valence electrons. The summed E-state index contributed by atoms with van der Waals surface area (Å²) in [6.07, 6.45) is 8.37. The van der Waals surface area contributed by atoms with Gasteiger partial charge in [-0.05, 0) is 111 Å². The third-order valence-corrected chi connectivity index (χ3v) is 15.5. The van der Waals surface area contributed by atoms with Crippen molar-refractivity contribution in [1.82, 2.24) is 25.2 Å². The quantitative estimate of drug-likeness (QED) is 0.228. The third-order valence-electron chi connectivity index (χ3n) is 13.7. The molecule has 1 unspecified atom stereocenters. The summed E-state index contributed by atoms with van der Waals surface area (Å²) in [7, 11) is -2.32. The second-order valence-electron chi connectivity index (χ2n) is 18.4. The summed E-state index contributed by atoms with van der Waals surface area (Å²) in [5.41, 5.74) is 0.00180. The normalized spacial score (nSPS) is 32.8. The van der Waals surface area contributed by atoms with E-state index in [0.29, 0.717) is 60.2 Å². The molecule has 0 bridgehead atoms. The van der Waals surface area contributed by atoms with Crippen LogP contribution in [0.15, 0.2) is 66.7 Å². The maximum absolute atomic E-state index is 15.1. The molecule has 10 atom stereocenters. The van der Waals surface area contributed by atoms with Gasteiger partial charge in [-0.2, -0.15) is 0 Å². The van der Waals surface area contributed by atoms with Crippen LogP contribution in [0.3, 0.4) is 0 Å². The van der Waals surface area contributed by atoms with Crippen molar-refractivity contribution < 1.29 is 41.8 Å². The molecule has 4 saturated carbocycles. The topological polar surface area (TPSA) is 182 Å². The number of pyridine rings is 1. The van der Waals surface area contributed by atoms with E-state index in [1.165, 1.54) is 11.3 Å². The van der Waals surface area contributed by atoms with Gasteiger partial charge in [0.2, 0.25) is 27.7 Å². The molecule has 2 aliphatic heterocycles. The standard InChI is InChI=1S/C46H55N5O9S/c1-26-9-7-8-12-32-24-46(32,44(54)50-61(56,57)36-14-15-36)49-41(52)39-23-35(25-51(39)43(53)40(27(2)17-26)48-45(55)60-34-19-29-18-30(29)20-34)59-42-37-16-13-33(58-3)21-31(37)22-38(47-42)28-10-5-4-6-11-28/h4-6,8,10-13,16,21-22,26-27,29-30,32,34-36,39-40H,7,9,14-15,17-20,23-25H2,1-3H3,(H,48,55)(H,49,52)(H,50,54)/b12-8-/t26-,27+,29-,30+,32+,34?,35+,39-,40-,46+/m0/s1. The Morgan fingerprint density at radius 1 is 0.934 bits per heavy atom. The predicted octanol–water partition coefficient (Wildman–Crippen LogP) is 5.65. The fraction of sp³-hybridized carbons (Fsp3) is 0.543. The number of methoxy groups -OCH3 is 1. The predicted molar refractivity (Wildman–Crippen MR) is 227 cm³/mol. The fourth-order valence-electron chi connectivity index (χ4n) is 9.90.